The Bertz CT molecular complexity index is 697. The van der Waals surface area contributed by atoms with Gasteiger partial charge in [-0.2, -0.15) is 0 Å². The molecule has 3 heterocycles. The Kier molecular flexibility index (Phi) is 4.19. The number of aliphatic imine (C=N–C) groups is 1. The van der Waals surface area contributed by atoms with Crippen LogP contribution in [0.4, 0.5) is 5.82 Å². The standard InChI is InChI=1S/C11H14N3O8P/c15-5-1-2-12-10-7(5)13-4-14(10)11-9(17)8(16)6(22-11)3-21-23(18,19)20/h2,4,6,8-9,11,16-17H,1,3H2,(H2,18,19,20)/t6?,8-,9-,11-/m1/s1. The maximum Gasteiger partial charge on any atom is 0.469 e. The molecule has 12 heteroatoms. The SMILES string of the molecule is O=C1CC=Nc2c1ncn2[C@@H]1OC(COP(=O)(O)O)[C@@H](O)[C@H]1O. The first kappa shape index (κ1) is 16.4. The molecule has 126 valence electrons. The van der Waals surface area contributed by atoms with Gasteiger partial charge in [0.05, 0.1) is 12.9 Å². The summed E-state index contributed by atoms with van der Waals surface area (Å²) in [4.78, 5) is 37.0. The number of rotatable bonds is 4. The molecule has 0 aliphatic carbocycles. The zero-order valence-electron chi connectivity index (χ0n) is 11.6. The molecule has 23 heavy (non-hydrogen) atoms. The number of imidazole rings is 1. The number of Topliss-reactive ketones (excluding diaryl/α,β-unsaturated/α-hetero) is 1. The molecule has 0 saturated carbocycles. The van der Waals surface area contributed by atoms with E-state index in [4.69, 9.17) is 14.5 Å². The van der Waals surface area contributed by atoms with Crippen molar-refractivity contribution in [2.24, 2.45) is 4.99 Å². The van der Waals surface area contributed by atoms with E-state index in [0.717, 1.165) is 0 Å². The molecule has 4 atom stereocenters. The van der Waals surface area contributed by atoms with Crippen molar-refractivity contribution in [1.29, 1.82) is 0 Å². The molecule has 1 saturated heterocycles. The molecule has 3 rings (SSSR count). The van der Waals surface area contributed by atoms with E-state index >= 15 is 0 Å². The van der Waals surface area contributed by atoms with Crippen LogP contribution in [0, 0.1) is 0 Å². The first-order valence-corrected chi connectivity index (χ1v) is 8.15. The average molecular weight is 347 g/mol. The highest BCUT2D eigenvalue weighted by molar-refractivity contribution is 7.46. The lowest BCUT2D eigenvalue weighted by Gasteiger charge is -2.18. The van der Waals surface area contributed by atoms with Gasteiger partial charge < -0.3 is 24.7 Å². The summed E-state index contributed by atoms with van der Waals surface area (Å²) < 4.78 is 21.7. The number of aliphatic hydroxyl groups is 2. The predicted octanol–water partition coefficient (Wildman–Crippen LogP) is -1.10. The quantitative estimate of drug-likeness (QED) is 0.495. The fraction of sp³-hybridized carbons (Fsp3) is 0.545. The number of nitrogens with zero attached hydrogens (tertiary/aromatic N) is 3. The van der Waals surface area contributed by atoms with E-state index < -0.39 is 39.0 Å². The Hall–Kier alpha value is -1.46. The second kappa shape index (κ2) is 5.87. The highest BCUT2D eigenvalue weighted by Gasteiger charge is 2.45. The van der Waals surface area contributed by atoms with Crippen LogP contribution in [0.3, 0.4) is 0 Å². The summed E-state index contributed by atoms with van der Waals surface area (Å²) in [6, 6.07) is 0. The van der Waals surface area contributed by atoms with Crippen molar-refractivity contribution in [3.63, 3.8) is 0 Å². The normalized spacial score (nSPS) is 30.7. The third-order valence-corrected chi connectivity index (χ3v) is 4.03. The maximum atomic E-state index is 11.7. The van der Waals surface area contributed by atoms with Gasteiger partial charge >= 0.3 is 7.82 Å². The molecule has 1 aromatic rings. The third-order valence-electron chi connectivity index (χ3n) is 3.54. The highest BCUT2D eigenvalue weighted by atomic mass is 31.2. The van der Waals surface area contributed by atoms with Crippen LogP contribution in [-0.2, 0) is 13.8 Å². The van der Waals surface area contributed by atoms with Crippen molar-refractivity contribution < 1.29 is 38.6 Å². The van der Waals surface area contributed by atoms with Crippen LogP contribution in [-0.4, -0.2) is 66.5 Å². The number of fused-ring (bicyclic) bond motifs is 1. The second-order valence-corrected chi connectivity index (χ2v) is 6.34. The number of aliphatic hydroxyl groups excluding tert-OH is 2. The molecule has 0 bridgehead atoms. The molecule has 0 amide bonds. The zero-order valence-corrected chi connectivity index (χ0v) is 12.5. The van der Waals surface area contributed by atoms with Crippen molar-refractivity contribution in [2.75, 3.05) is 6.61 Å². The number of hydrogen-bond acceptors (Lipinski definition) is 8. The summed E-state index contributed by atoms with van der Waals surface area (Å²) in [7, 11) is -4.73. The van der Waals surface area contributed by atoms with E-state index in [-0.39, 0.29) is 23.7 Å². The number of phosphoric acid groups is 1. The van der Waals surface area contributed by atoms with Crippen LogP contribution < -0.4 is 0 Å². The van der Waals surface area contributed by atoms with Gasteiger partial charge in [-0.15, -0.1) is 0 Å². The number of ether oxygens (including phenoxy) is 1. The molecular formula is C11H14N3O8P. The monoisotopic (exact) mass is 347 g/mol. The number of aromatic nitrogens is 2. The fourth-order valence-corrected chi connectivity index (χ4v) is 2.79. The smallest absolute Gasteiger partial charge is 0.387 e. The lowest BCUT2D eigenvalue weighted by Crippen LogP contribution is -2.33. The highest BCUT2D eigenvalue weighted by Crippen LogP contribution is 2.39. The zero-order chi connectivity index (χ0) is 16.8. The van der Waals surface area contributed by atoms with Gasteiger partial charge in [-0.25, -0.2) is 14.5 Å². The van der Waals surface area contributed by atoms with E-state index in [9.17, 15) is 19.6 Å². The van der Waals surface area contributed by atoms with Crippen LogP contribution >= 0.6 is 7.82 Å². The van der Waals surface area contributed by atoms with Gasteiger partial charge in [-0.3, -0.25) is 13.9 Å². The number of ketones is 1. The summed E-state index contributed by atoms with van der Waals surface area (Å²) in [5, 5.41) is 20.0. The molecule has 1 unspecified atom stereocenters. The van der Waals surface area contributed by atoms with Crippen LogP contribution in [0.15, 0.2) is 11.3 Å². The van der Waals surface area contributed by atoms with Gasteiger partial charge in [0.1, 0.15) is 18.3 Å². The lowest BCUT2D eigenvalue weighted by molar-refractivity contribution is -0.0512. The lowest BCUT2D eigenvalue weighted by atomic mass is 10.1. The van der Waals surface area contributed by atoms with E-state index in [1.165, 1.54) is 17.1 Å². The van der Waals surface area contributed by atoms with E-state index in [0.29, 0.717) is 0 Å². The molecule has 2 aliphatic rings. The topological polar surface area (TPSA) is 164 Å². The number of carbonyl (C=O) groups excluding carboxylic acids is 1. The summed E-state index contributed by atoms with van der Waals surface area (Å²) in [5.41, 5.74) is 0.132. The van der Waals surface area contributed by atoms with Gasteiger partial charge in [-0.05, 0) is 0 Å². The molecule has 2 aliphatic heterocycles. The van der Waals surface area contributed by atoms with Crippen LogP contribution in [0.2, 0.25) is 0 Å². The predicted molar refractivity (Wildman–Crippen MR) is 73.2 cm³/mol. The Labute approximate surface area is 129 Å². The van der Waals surface area contributed by atoms with Crippen molar-refractivity contribution in [2.45, 2.75) is 31.0 Å². The molecule has 0 spiro atoms. The Morgan fingerprint density at radius 2 is 2.13 bits per heavy atom. The van der Waals surface area contributed by atoms with Crippen LogP contribution in [0.1, 0.15) is 23.1 Å². The number of hydrogen-bond donors (Lipinski definition) is 4. The molecule has 11 nitrogen and oxygen atoms in total. The molecule has 1 fully saturated rings. The fourth-order valence-electron chi connectivity index (χ4n) is 2.44. The molecular weight excluding hydrogens is 333 g/mol. The average Bonchev–Trinajstić information content (AvgIpc) is 3.01. The first-order valence-electron chi connectivity index (χ1n) is 6.62. The Morgan fingerprint density at radius 1 is 1.39 bits per heavy atom. The molecule has 4 N–H and O–H groups in total. The Balaban J connectivity index is 1.81. The second-order valence-electron chi connectivity index (χ2n) is 5.10. The molecule has 0 aromatic carbocycles. The van der Waals surface area contributed by atoms with Gasteiger partial charge in [0, 0.05) is 12.6 Å². The maximum absolute atomic E-state index is 11.7. The van der Waals surface area contributed by atoms with Gasteiger partial charge in [0.15, 0.2) is 23.5 Å². The van der Waals surface area contributed by atoms with Gasteiger partial charge in [0.2, 0.25) is 0 Å². The summed E-state index contributed by atoms with van der Waals surface area (Å²) in [6.45, 7) is -0.613. The summed E-state index contributed by atoms with van der Waals surface area (Å²) in [6.07, 6.45) is -2.36. The van der Waals surface area contributed by atoms with Crippen LogP contribution in [0.25, 0.3) is 0 Å². The van der Waals surface area contributed by atoms with Crippen molar-refractivity contribution in [3.8, 4) is 0 Å². The number of carbonyl (C=O) groups is 1. The van der Waals surface area contributed by atoms with Crippen molar-refractivity contribution in [1.82, 2.24) is 9.55 Å². The summed E-state index contributed by atoms with van der Waals surface area (Å²) in [5.74, 6) is -0.0442. The van der Waals surface area contributed by atoms with Crippen molar-refractivity contribution >= 4 is 25.6 Å². The molecule has 1 aromatic heterocycles. The van der Waals surface area contributed by atoms with E-state index in [1.54, 1.807) is 0 Å². The number of phosphoric ester groups is 1. The third kappa shape index (κ3) is 3.12. The first-order chi connectivity index (χ1) is 10.8. The summed E-state index contributed by atoms with van der Waals surface area (Å²) >= 11 is 0. The van der Waals surface area contributed by atoms with E-state index in [1.807, 2.05) is 0 Å². The van der Waals surface area contributed by atoms with Gasteiger partial charge in [0.25, 0.3) is 0 Å². The minimum absolute atomic E-state index is 0.124. The van der Waals surface area contributed by atoms with E-state index in [2.05, 4.69) is 14.5 Å². The minimum atomic E-state index is -4.73. The molecule has 0 radical (unpaired) electrons. The Morgan fingerprint density at radius 3 is 2.83 bits per heavy atom. The largest absolute Gasteiger partial charge is 0.469 e. The van der Waals surface area contributed by atoms with Crippen molar-refractivity contribution in [3.05, 3.63) is 12.0 Å². The van der Waals surface area contributed by atoms with Crippen LogP contribution in [0.5, 0.6) is 0 Å². The minimum Gasteiger partial charge on any atom is -0.387 e. The van der Waals surface area contributed by atoms with Gasteiger partial charge in [-0.1, -0.05) is 0 Å².